The lowest BCUT2D eigenvalue weighted by Crippen LogP contribution is -2.28. The minimum Gasteiger partial charge on any atom is -0.202 e. The molecule has 1 atom stereocenters. The molecule has 1 aromatic carbocycles. The van der Waals surface area contributed by atoms with Crippen LogP contribution in [-0.4, -0.2) is 0 Å². The predicted octanol–water partition coefficient (Wildman–Crippen LogP) is 13.1. The Morgan fingerprint density at radius 1 is 0.650 bits per heavy atom. The van der Waals surface area contributed by atoms with Crippen molar-refractivity contribution in [2.45, 2.75) is 160 Å². The van der Waals surface area contributed by atoms with Crippen LogP contribution in [0.1, 0.15) is 159 Å². The molecule has 0 heterocycles. The molecule has 3 rings (SSSR count). The molecule has 0 aromatic heterocycles. The van der Waals surface area contributed by atoms with Gasteiger partial charge in [0, 0.05) is 12.5 Å². The monoisotopic (exact) mass is 563 g/mol. The molecule has 0 spiro atoms. The van der Waals surface area contributed by atoms with Crippen LogP contribution >= 0.6 is 0 Å². The topological polar surface area (TPSA) is 0 Å². The number of alkyl halides is 2. The molecular weight excluding hydrogens is 494 g/mol. The van der Waals surface area contributed by atoms with Crippen molar-refractivity contribution in [2.75, 3.05) is 0 Å². The molecule has 0 amide bonds. The summed E-state index contributed by atoms with van der Waals surface area (Å²) in [5, 5.41) is 0. The number of hydrogen-bond acceptors (Lipinski definition) is 0. The first-order valence-electron chi connectivity index (χ1n) is 16.5. The maximum Gasteiger partial charge on any atom is 0.270 e. The van der Waals surface area contributed by atoms with Gasteiger partial charge in [-0.15, -0.1) is 0 Å². The van der Waals surface area contributed by atoms with Crippen molar-refractivity contribution in [3.8, 4) is 0 Å². The van der Waals surface area contributed by atoms with E-state index in [0.717, 1.165) is 48.5 Å². The van der Waals surface area contributed by atoms with E-state index in [2.05, 4.69) is 83.1 Å². The Hall–Kier alpha value is -0.920. The van der Waals surface area contributed by atoms with Gasteiger partial charge >= 0.3 is 0 Å². The number of benzene rings is 1. The summed E-state index contributed by atoms with van der Waals surface area (Å²) >= 11 is 0. The molecule has 2 aliphatic carbocycles. The van der Waals surface area contributed by atoms with E-state index >= 15 is 0 Å². The fourth-order valence-corrected chi connectivity index (χ4v) is 6.42. The van der Waals surface area contributed by atoms with Crippen molar-refractivity contribution in [2.24, 2.45) is 45.8 Å². The Labute approximate surface area is 249 Å². The highest BCUT2D eigenvalue weighted by molar-refractivity contribution is 5.26. The van der Waals surface area contributed by atoms with Gasteiger partial charge in [0.2, 0.25) is 0 Å². The molecule has 0 N–H and O–H groups in total. The summed E-state index contributed by atoms with van der Waals surface area (Å²) in [5.41, 5.74) is 2.43. The van der Waals surface area contributed by atoms with Crippen LogP contribution in [0.15, 0.2) is 24.3 Å². The fourth-order valence-electron chi connectivity index (χ4n) is 6.42. The maximum atomic E-state index is 12.9. The fraction of sp³-hybridized carbons (Fsp3) is 0.842. The molecule has 2 aliphatic rings. The molecule has 1 unspecified atom stereocenters. The van der Waals surface area contributed by atoms with Crippen LogP contribution in [0, 0.1) is 45.8 Å². The van der Waals surface area contributed by atoms with Crippen LogP contribution in [0.2, 0.25) is 0 Å². The van der Waals surface area contributed by atoms with E-state index in [1.165, 1.54) is 69.9 Å². The van der Waals surface area contributed by atoms with Crippen LogP contribution in [0.3, 0.4) is 0 Å². The van der Waals surface area contributed by atoms with Gasteiger partial charge in [0.25, 0.3) is 5.92 Å². The second kappa shape index (κ2) is 15.5. The average molecular weight is 563 g/mol. The van der Waals surface area contributed by atoms with Gasteiger partial charge in [-0.1, -0.05) is 146 Å². The second-order valence-corrected chi connectivity index (χ2v) is 17.4. The lowest BCUT2D eigenvalue weighted by Gasteiger charge is -2.38. The van der Waals surface area contributed by atoms with Gasteiger partial charge < -0.3 is 0 Å². The van der Waals surface area contributed by atoms with Gasteiger partial charge in [-0.25, -0.2) is 8.78 Å². The first-order chi connectivity index (χ1) is 18.1. The average Bonchev–Trinajstić information content (AvgIpc) is 2.79. The number of rotatable bonds is 4. The van der Waals surface area contributed by atoms with E-state index in [-0.39, 0.29) is 11.0 Å². The lowest BCUT2D eigenvalue weighted by molar-refractivity contribution is 0.0174. The third-order valence-electron chi connectivity index (χ3n) is 9.37. The van der Waals surface area contributed by atoms with E-state index in [4.69, 9.17) is 0 Å². The van der Waals surface area contributed by atoms with Gasteiger partial charge in [0.05, 0.1) is 0 Å². The predicted molar refractivity (Wildman–Crippen MR) is 174 cm³/mol. The smallest absolute Gasteiger partial charge is 0.202 e. The highest BCUT2D eigenvalue weighted by atomic mass is 19.3. The summed E-state index contributed by atoms with van der Waals surface area (Å²) in [6.07, 6.45) is 14.1. The van der Waals surface area contributed by atoms with Gasteiger partial charge in [0.15, 0.2) is 0 Å². The molecule has 2 fully saturated rings. The quantitative estimate of drug-likeness (QED) is 0.342. The Bertz CT molecular complexity index is 794. The SMILES string of the molecule is CC(C)(C)Cc1ccc(C(C)(F)F)cc1.CC1CCC(C(C)C(C)(C)C)CC1.CC1CCC(CC(C)(C)C)CC1. The van der Waals surface area contributed by atoms with Crippen molar-refractivity contribution < 1.29 is 8.78 Å². The van der Waals surface area contributed by atoms with Crippen LogP contribution < -0.4 is 0 Å². The van der Waals surface area contributed by atoms with Crippen LogP contribution in [0.4, 0.5) is 8.78 Å². The third kappa shape index (κ3) is 15.9. The zero-order valence-electron chi connectivity index (χ0n) is 29.0. The Morgan fingerprint density at radius 2 is 1.07 bits per heavy atom. The van der Waals surface area contributed by atoms with Crippen molar-refractivity contribution in [1.29, 1.82) is 0 Å². The summed E-state index contributed by atoms with van der Waals surface area (Å²) in [7, 11) is 0. The van der Waals surface area contributed by atoms with Crippen LogP contribution in [-0.2, 0) is 12.3 Å². The number of halogens is 2. The number of hydrogen-bond donors (Lipinski definition) is 0. The van der Waals surface area contributed by atoms with Gasteiger partial charge in [-0.3, -0.25) is 0 Å². The summed E-state index contributed by atoms with van der Waals surface area (Å²) < 4.78 is 25.8. The third-order valence-corrected chi connectivity index (χ3v) is 9.37. The zero-order valence-corrected chi connectivity index (χ0v) is 29.0. The molecule has 0 bridgehead atoms. The molecule has 0 aliphatic heterocycles. The molecule has 0 saturated heterocycles. The minimum atomic E-state index is -2.74. The summed E-state index contributed by atoms with van der Waals surface area (Å²) in [6, 6.07) is 6.61. The molecule has 0 radical (unpaired) electrons. The Kier molecular flexibility index (Phi) is 14.4. The first-order valence-corrected chi connectivity index (χ1v) is 16.5. The molecular formula is C38H68F2. The van der Waals surface area contributed by atoms with Gasteiger partial charge in [-0.2, -0.15) is 0 Å². The minimum absolute atomic E-state index is 0.0835. The van der Waals surface area contributed by atoms with Crippen molar-refractivity contribution >= 4 is 0 Å². The molecule has 2 heteroatoms. The van der Waals surface area contributed by atoms with Crippen molar-refractivity contribution in [1.82, 2.24) is 0 Å². The van der Waals surface area contributed by atoms with Crippen LogP contribution in [0.25, 0.3) is 0 Å². The molecule has 2 saturated carbocycles. The second-order valence-electron chi connectivity index (χ2n) is 17.4. The van der Waals surface area contributed by atoms with Gasteiger partial charge in [0.1, 0.15) is 0 Å². The molecule has 0 nitrogen and oxygen atoms in total. The summed E-state index contributed by atoms with van der Waals surface area (Å²) in [5.74, 6) is 2.17. The lowest BCUT2D eigenvalue weighted by atomic mass is 9.68. The van der Waals surface area contributed by atoms with E-state index < -0.39 is 5.92 Å². The normalized spacial score (nSPS) is 25.2. The summed E-state index contributed by atoms with van der Waals surface area (Å²) in [6.45, 7) is 28.8. The standard InChI is InChI=1S/C13H18F2.C13H26.C12H24/c1-12(2,3)9-10-5-7-11(8-6-10)13(4,14)15;1-10-6-8-12(9-7-10)11(2)13(3,4)5;1-10-5-7-11(8-6-10)9-12(2,3)4/h5-8H,9H2,1-4H3;10-12H,6-9H2,1-5H3;10-11H,5-9H2,1-4H3. The van der Waals surface area contributed by atoms with Crippen LogP contribution in [0.5, 0.6) is 0 Å². The summed E-state index contributed by atoms with van der Waals surface area (Å²) in [4.78, 5) is 0. The Morgan fingerprint density at radius 3 is 1.43 bits per heavy atom. The molecule has 234 valence electrons. The van der Waals surface area contributed by atoms with E-state index in [9.17, 15) is 8.78 Å². The van der Waals surface area contributed by atoms with E-state index in [0.29, 0.717) is 10.8 Å². The first kappa shape index (κ1) is 37.1. The van der Waals surface area contributed by atoms with Gasteiger partial charge in [-0.05, 0) is 77.1 Å². The van der Waals surface area contributed by atoms with E-state index in [1.54, 1.807) is 12.1 Å². The highest BCUT2D eigenvalue weighted by Gasteiger charge is 2.30. The molecule has 40 heavy (non-hydrogen) atoms. The maximum absolute atomic E-state index is 12.9. The van der Waals surface area contributed by atoms with E-state index in [1.807, 2.05) is 0 Å². The Balaban J connectivity index is 0.000000302. The van der Waals surface area contributed by atoms with Crippen molar-refractivity contribution in [3.63, 3.8) is 0 Å². The molecule has 1 aromatic rings. The zero-order chi connectivity index (χ0) is 30.9. The van der Waals surface area contributed by atoms with Crippen molar-refractivity contribution in [3.05, 3.63) is 35.4 Å². The highest BCUT2D eigenvalue weighted by Crippen LogP contribution is 2.41. The largest absolute Gasteiger partial charge is 0.270 e.